The maximum atomic E-state index is 7.33. The Labute approximate surface area is 135 Å². The van der Waals surface area contributed by atoms with Crippen molar-refractivity contribution in [2.45, 2.75) is 0 Å². The summed E-state index contributed by atoms with van der Waals surface area (Å²) in [6, 6.07) is 7.73. The van der Waals surface area contributed by atoms with Crippen LogP contribution in [0.4, 0.5) is 0 Å². The number of nitrogen functional groups attached to an aromatic ring is 1. The molecule has 0 radical (unpaired) electrons. The van der Waals surface area contributed by atoms with Crippen molar-refractivity contribution in [2.24, 2.45) is 5.73 Å². The van der Waals surface area contributed by atoms with Crippen molar-refractivity contribution >= 4 is 52.2 Å². The molecule has 0 heterocycles. The third-order valence-electron chi connectivity index (χ3n) is 2.44. The van der Waals surface area contributed by atoms with Gasteiger partial charge in [0.2, 0.25) is 0 Å². The molecule has 20 heavy (non-hydrogen) atoms. The van der Waals surface area contributed by atoms with E-state index in [9.17, 15) is 0 Å². The number of ether oxygens (including phenoxy) is 1. The van der Waals surface area contributed by atoms with Crippen LogP contribution in [0.15, 0.2) is 30.3 Å². The number of halogens is 4. The molecular weight excluding hydrogens is 342 g/mol. The fourth-order valence-electron chi connectivity index (χ4n) is 1.45. The Morgan fingerprint density at radius 2 is 1.45 bits per heavy atom. The zero-order valence-corrected chi connectivity index (χ0v) is 12.9. The monoisotopic (exact) mass is 348 g/mol. The summed E-state index contributed by atoms with van der Waals surface area (Å²) in [7, 11) is 0. The minimum absolute atomic E-state index is 0.0778. The fraction of sp³-hybridized carbons (Fsp3) is 0. The molecule has 0 spiro atoms. The summed E-state index contributed by atoms with van der Waals surface area (Å²) < 4.78 is 5.59. The summed E-state index contributed by atoms with van der Waals surface area (Å²) in [4.78, 5) is 0. The Bertz CT molecular complexity index is 688. The first-order chi connectivity index (χ1) is 9.38. The highest BCUT2D eigenvalue weighted by atomic mass is 35.5. The molecule has 7 heteroatoms. The Morgan fingerprint density at radius 3 is 2.05 bits per heavy atom. The zero-order chi connectivity index (χ0) is 14.9. The van der Waals surface area contributed by atoms with Crippen molar-refractivity contribution in [3.8, 4) is 11.5 Å². The second-order valence-corrected chi connectivity index (χ2v) is 5.49. The summed E-state index contributed by atoms with van der Waals surface area (Å²) in [6.07, 6.45) is 0. The van der Waals surface area contributed by atoms with E-state index in [1.807, 2.05) is 0 Å². The Morgan fingerprint density at radius 1 is 0.850 bits per heavy atom. The average molecular weight is 350 g/mol. The molecule has 0 saturated heterocycles. The predicted molar refractivity (Wildman–Crippen MR) is 84.0 cm³/mol. The lowest BCUT2D eigenvalue weighted by atomic mass is 10.2. The number of rotatable bonds is 3. The maximum absolute atomic E-state index is 7.33. The molecule has 3 nitrogen and oxygen atoms in total. The first-order valence-electron chi connectivity index (χ1n) is 5.35. The summed E-state index contributed by atoms with van der Waals surface area (Å²) in [5, 5.41) is 8.61. The van der Waals surface area contributed by atoms with Gasteiger partial charge in [0.1, 0.15) is 17.3 Å². The second kappa shape index (κ2) is 6.10. The lowest BCUT2D eigenvalue weighted by molar-refractivity contribution is 0.483. The molecule has 104 valence electrons. The number of benzene rings is 2. The van der Waals surface area contributed by atoms with Gasteiger partial charge < -0.3 is 10.5 Å². The van der Waals surface area contributed by atoms with Crippen LogP contribution in [0.25, 0.3) is 0 Å². The molecular formula is C13H8Cl4N2O. The van der Waals surface area contributed by atoms with Crippen molar-refractivity contribution < 1.29 is 4.74 Å². The number of hydrogen-bond acceptors (Lipinski definition) is 2. The van der Waals surface area contributed by atoms with E-state index in [4.69, 9.17) is 62.3 Å². The zero-order valence-electron chi connectivity index (χ0n) is 9.88. The molecule has 2 aromatic rings. The summed E-state index contributed by atoms with van der Waals surface area (Å²) in [6.45, 7) is 0. The van der Waals surface area contributed by atoms with Crippen molar-refractivity contribution in [2.75, 3.05) is 0 Å². The van der Waals surface area contributed by atoms with Gasteiger partial charge in [-0.3, -0.25) is 5.41 Å². The standard InChI is InChI=1S/C13H8Cl4N2O/c14-7-4-10(17)12(5-8(7)15)20-11-2-1-6(13(18)19)3-9(11)16/h1-5H,(H3,18,19). The Hall–Kier alpha value is -1.13. The molecule has 0 aliphatic heterocycles. The first kappa shape index (κ1) is 15.3. The van der Waals surface area contributed by atoms with Crippen LogP contribution in [-0.2, 0) is 0 Å². The van der Waals surface area contributed by atoms with Crippen molar-refractivity contribution in [1.82, 2.24) is 0 Å². The Balaban J connectivity index is 2.35. The molecule has 2 aromatic carbocycles. The predicted octanol–water partition coefficient (Wildman–Crippen LogP) is 5.38. The highest BCUT2D eigenvalue weighted by molar-refractivity contribution is 6.43. The van der Waals surface area contributed by atoms with Crippen LogP contribution >= 0.6 is 46.4 Å². The van der Waals surface area contributed by atoms with E-state index in [-0.39, 0.29) is 5.84 Å². The van der Waals surface area contributed by atoms with Gasteiger partial charge in [0.05, 0.1) is 20.1 Å². The minimum Gasteiger partial charge on any atom is -0.454 e. The van der Waals surface area contributed by atoms with Crippen LogP contribution in [0.1, 0.15) is 5.56 Å². The van der Waals surface area contributed by atoms with Crippen molar-refractivity contribution in [3.63, 3.8) is 0 Å². The molecule has 0 aliphatic rings. The average Bonchev–Trinajstić information content (AvgIpc) is 2.37. The van der Waals surface area contributed by atoms with Crippen LogP contribution in [0.5, 0.6) is 11.5 Å². The highest BCUT2D eigenvalue weighted by Crippen LogP contribution is 2.38. The molecule has 0 fully saturated rings. The van der Waals surface area contributed by atoms with Crippen LogP contribution in [0, 0.1) is 5.41 Å². The maximum Gasteiger partial charge on any atom is 0.147 e. The van der Waals surface area contributed by atoms with Gasteiger partial charge in [-0.2, -0.15) is 0 Å². The second-order valence-electron chi connectivity index (χ2n) is 3.86. The van der Waals surface area contributed by atoms with Gasteiger partial charge in [-0.15, -0.1) is 0 Å². The third-order valence-corrected chi connectivity index (χ3v) is 3.75. The van der Waals surface area contributed by atoms with Crippen LogP contribution in [-0.4, -0.2) is 5.84 Å². The van der Waals surface area contributed by atoms with E-state index in [1.54, 1.807) is 12.1 Å². The number of hydrogen-bond donors (Lipinski definition) is 2. The van der Waals surface area contributed by atoms with Gasteiger partial charge in [0.15, 0.2) is 0 Å². The fourth-order valence-corrected chi connectivity index (χ4v) is 2.25. The Kier molecular flexibility index (Phi) is 4.66. The molecule has 0 aliphatic carbocycles. The number of nitrogens with one attached hydrogen (secondary N) is 1. The highest BCUT2D eigenvalue weighted by Gasteiger charge is 2.11. The van der Waals surface area contributed by atoms with E-state index in [2.05, 4.69) is 0 Å². The lowest BCUT2D eigenvalue weighted by Gasteiger charge is -2.11. The van der Waals surface area contributed by atoms with Gasteiger partial charge in [0.25, 0.3) is 0 Å². The van der Waals surface area contributed by atoms with E-state index < -0.39 is 0 Å². The summed E-state index contributed by atoms with van der Waals surface area (Å²) >= 11 is 23.8. The number of nitrogens with two attached hydrogens (primary N) is 1. The van der Waals surface area contributed by atoms with E-state index in [1.165, 1.54) is 18.2 Å². The smallest absolute Gasteiger partial charge is 0.147 e. The molecule has 0 saturated carbocycles. The lowest BCUT2D eigenvalue weighted by Crippen LogP contribution is -2.10. The van der Waals surface area contributed by atoms with Gasteiger partial charge in [-0.1, -0.05) is 46.4 Å². The minimum atomic E-state index is -0.0778. The summed E-state index contributed by atoms with van der Waals surface area (Å²) in [5.74, 6) is 0.626. The molecule has 0 unspecified atom stereocenters. The molecule has 2 rings (SSSR count). The van der Waals surface area contributed by atoms with Crippen molar-refractivity contribution in [3.05, 3.63) is 56.0 Å². The van der Waals surface area contributed by atoms with Crippen LogP contribution < -0.4 is 10.5 Å². The molecule has 0 atom stereocenters. The first-order valence-corrected chi connectivity index (χ1v) is 6.86. The quantitative estimate of drug-likeness (QED) is 0.444. The molecule has 0 aromatic heterocycles. The van der Waals surface area contributed by atoms with E-state index in [0.717, 1.165) is 0 Å². The van der Waals surface area contributed by atoms with Crippen LogP contribution in [0.2, 0.25) is 20.1 Å². The molecule has 0 bridgehead atoms. The largest absolute Gasteiger partial charge is 0.454 e. The SMILES string of the molecule is N=C(N)c1ccc(Oc2cc(Cl)c(Cl)cc2Cl)c(Cl)c1. The third kappa shape index (κ3) is 3.30. The van der Waals surface area contributed by atoms with E-state index in [0.29, 0.717) is 37.2 Å². The van der Waals surface area contributed by atoms with Gasteiger partial charge in [-0.25, -0.2) is 0 Å². The summed E-state index contributed by atoms with van der Waals surface area (Å²) in [5.41, 5.74) is 5.88. The van der Waals surface area contributed by atoms with E-state index >= 15 is 0 Å². The topological polar surface area (TPSA) is 59.1 Å². The van der Waals surface area contributed by atoms with Gasteiger partial charge in [-0.05, 0) is 24.3 Å². The van der Waals surface area contributed by atoms with Gasteiger partial charge >= 0.3 is 0 Å². The van der Waals surface area contributed by atoms with Crippen LogP contribution in [0.3, 0.4) is 0 Å². The normalized spacial score (nSPS) is 10.4. The molecule has 0 amide bonds. The van der Waals surface area contributed by atoms with Crippen molar-refractivity contribution in [1.29, 1.82) is 5.41 Å². The van der Waals surface area contributed by atoms with Gasteiger partial charge in [0, 0.05) is 11.6 Å². The number of amidine groups is 1. The molecule has 3 N–H and O–H groups in total.